The van der Waals surface area contributed by atoms with Crippen molar-refractivity contribution in [3.63, 3.8) is 0 Å². The minimum Gasteiger partial charge on any atom is -0.497 e. The van der Waals surface area contributed by atoms with E-state index in [0.717, 1.165) is 16.9 Å². The number of aryl methyl sites for hydroxylation is 2. The molecule has 7 heteroatoms. The SMILES string of the molecule is COc1ccc(CCn2c(O)c(C=Nc3ccc(C)c(Cl)c3)c(C)c(C#N)c2=O)cc1. The summed E-state index contributed by atoms with van der Waals surface area (Å²) in [6, 6.07) is 14.8. The number of aliphatic imine (C=N–C) groups is 1. The zero-order chi connectivity index (χ0) is 22.5. The van der Waals surface area contributed by atoms with Crippen molar-refractivity contribution in [2.24, 2.45) is 4.99 Å². The molecule has 0 aliphatic heterocycles. The molecule has 0 fully saturated rings. The van der Waals surface area contributed by atoms with Gasteiger partial charge in [-0.25, -0.2) is 0 Å². The molecule has 0 spiro atoms. The van der Waals surface area contributed by atoms with Crippen LogP contribution in [0, 0.1) is 25.2 Å². The smallest absolute Gasteiger partial charge is 0.271 e. The summed E-state index contributed by atoms with van der Waals surface area (Å²) in [5, 5.41) is 20.9. The van der Waals surface area contributed by atoms with Crippen LogP contribution >= 0.6 is 11.6 Å². The number of aromatic hydroxyl groups is 1. The number of ether oxygens (including phenoxy) is 1. The topological polar surface area (TPSA) is 87.6 Å². The normalized spacial score (nSPS) is 10.9. The Morgan fingerprint density at radius 2 is 1.94 bits per heavy atom. The number of nitriles is 1. The fourth-order valence-electron chi connectivity index (χ4n) is 3.17. The first kappa shape index (κ1) is 22.1. The van der Waals surface area contributed by atoms with E-state index in [2.05, 4.69) is 4.99 Å². The van der Waals surface area contributed by atoms with Crippen LogP contribution in [-0.2, 0) is 13.0 Å². The van der Waals surface area contributed by atoms with E-state index in [4.69, 9.17) is 16.3 Å². The second-order valence-electron chi connectivity index (χ2n) is 7.10. The van der Waals surface area contributed by atoms with E-state index in [1.165, 1.54) is 10.8 Å². The van der Waals surface area contributed by atoms with Crippen molar-refractivity contribution in [2.45, 2.75) is 26.8 Å². The quantitative estimate of drug-likeness (QED) is 0.568. The molecule has 31 heavy (non-hydrogen) atoms. The van der Waals surface area contributed by atoms with Crippen LogP contribution in [0.5, 0.6) is 11.6 Å². The van der Waals surface area contributed by atoms with Crippen LogP contribution in [0.15, 0.2) is 52.3 Å². The van der Waals surface area contributed by atoms with Gasteiger partial charge in [-0.1, -0.05) is 29.8 Å². The highest BCUT2D eigenvalue weighted by Crippen LogP contribution is 2.24. The van der Waals surface area contributed by atoms with E-state index in [1.54, 1.807) is 26.2 Å². The summed E-state index contributed by atoms with van der Waals surface area (Å²) in [5.74, 6) is 0.512. The maximum atomic E-state index is 12.8. The molecule has 0 saturated carbocycles. The maximum absolute atomic E-state index is 12.8. The molecule has 3 aromatic rings. The Labute approximate surface area is 185 Å². The Hall–Kier alpha value is -3.56. The van der Waals surface area contributed by atoms with Crippen molar-refractivity contribution < 1.29 is 9.84 Å². The van der Waals surface area contributed by atoms with Crippen LogP contribution < -0.4 is 10.3 Å². The lowest BCUT2D eigenvalue weighted by Crippen LogP contribution is -2.26. The molecule has 0 amide bonds. The summed E-state index contributed by atoms with van der Waals surface area (Å²) in [6.07, 6.45) is 1.95. The third-order valence-corrected chi connectivity index (χ3v) is 5.53. The van der Waals surface area contributed by atoms with Gasteiger partial charge in [0, 0.05) is 17.8 Å². The number of hydrogen-bond acceptors (Lipinski definition) is 5. The van der Waals surface area contributed by atoms with Crippen LogP contribution in [0.3, 0.4) is 0 Å². The molecule has 2 aromatic carbocycles. The van der Waals surface area contributed by atoms with Gasteiger partial charge in [0.25, 0.3) is 5.56 Å². The van der Waals surface area contributed by atoms with E-state index in [9.17, 15) is 15.2 Å². The van der Waals surface area contributed by atoms with Gasteiger partial charge in [0.2, 0.25) is 5.88 Å². The molecule has 0 aliphatic carbocycles. The number of hydrogen-bond donors (Lipinski definition) is 1. The predicted octanol–water partition coefficient (Wildman–Crippen LogP) is 4.70. The Morgan fingerprint density at radius 1 is 1.23 bits per heavy atom. The predicted molar refractivity (Wildman–Crippen MR) is 122 cm³/mol. The highest BCUT2D eigenvalue weighted by Gasteiger charge is 2.18. The minimum absolute atomic E-state index is 0.0177. The lowest BCUT2D eigenvalue weighted by molar-refractivity contribution is 0.404. The molecule has 6 nitrogen and oxygen atoms in total. The Morgan fingerprint density at radius 3 is 2.55 bits per heavy atom. The number of methoxy groups -OCH3 is 1. The molecule has 0 aliphatic rings. The third-order valence-electron chi connectivity index (χ3n) is 5.13. The summed E-state index contributed by atoms with van der Waals surface area (Å²) < 4.78 is 6.36. The summed E-state index contributed by atoms with van der Waals surface area (Å²) >= 11 is 6.15. The Kier molecular flexibility index (Phi) is 6.78. The summed E-state index contributed by atoms with van der Waals surface area (Å²) in [5.41, 5.74) is 2.66. The van der Waals surface area contributed by atoms with Gasteiger partial charge in [0.05, 0.1) is 18.4 Å². The molecule has 0 unspecified atom stereocenters. The largest absolute Gasteiger partial charge is 0.497 e. The highest BCUT2D eigenvalue weighted by atomic mass is 35.5. The molecule has 1 heterocycles. The summed E-state index contributed by atoms with van der Waals surface area (Å²) in [7, 11) is 1.59. The second-order valence-corrected chi connectivity index (χ2v) is 7.50. The molecular weight excluding hydrogens is 414 g/mol. The number of benzene rings is 2. The minimum atomic E-state index is -0.526. The third kappa shape index (κ3) is 4.79. The number of rotatable bonds is 6. The first-order valence-electron chi connectivity index (χ1n) is 9.65. The zero-order valence-electron chi connectivity index (χ0n) is 17.5. The van der Waals surface area contributed by atoms with Crippen molar-refractivity contribution in [3.05, 3.63) is 85.7 Å². The lowest BCUT2D eigenvalue weighted by Gasteiger charge is -2.14. The maximum Gasteiger partial charge on any atom is 0.271 e. The van der Waals surface area contributed by atoms with E-state index in [0.29, 0.717) is 28.3 Å². The first-order valence-corrected chi connectivity index (χ1v) is 10.0. The van der Waals surface area contributed by atoms with E-state index < -0.39 is 5.56 Å². The van der Waals surface area contributed by atoms with Crippen LogP contribution in [0.1, 0.15) is 27.8 Å². The second kappa shape index (κ2) is 9.50. The first-order chi connectivity index (χ1) is 14.8. The monoisotopic (exact) mass is 435 g/mol. The van der Waals surface area contributed by atoms with Gasteiger partial charge in [-0.3, -0.25) is 14.4 Å². The van der Waals surface area contributed by atoms with Crippen molar-refractivity contribution >= 4 is 23.5 Å². The molecule has 158 valence electrons. The Bertz CT molecular complexity index is 1240. The number of halogens is 1. The van der Waals surface area contributed by atoms with Gasteiger partial charge in [-0.15, -0.1) is 0 Å². The molecule has 0 radical (unpaired) electrons. The van der Waals surface area contributed by atoms with Crippen LogP contribution in [0.25, 0.3) is 0 Å². The van der Waals surface area contributed by atoms with Crippen molar-refractivity contribution in [3.8, 4) is 17.7 Å². The molecule has 1 N–H and O–H groups in total. The molecular formula is C24H22ClN3O3. The summed E-state index contributed by atoms with van der Waals surface area (Å²) in [4.78, 5) is 17.1. The highest BCUT2D eigenvalue weighted by molar-refractivity contribution is 6.31. The fourth-order valence-corrected chi connectivity index (χ4v) is 3.34. The molecule has 3 rings (SSSR count). The summed E-state index contributed by atoms with van der Waals surface area (Å²) in [6.45, 7) is 3.73. The number of pyridine rings is 1. The van der Waals surface area contributed by atoms with E-state index in [1.807, 2.05) is 43.3 Å². The van der Waals surface area contributed by atoms with Gasteiger partial charge in [0.1, 0.15) is 17.4 Å². The van der Waals surface area contributed by atoms with Gasteiger partial charge in [-0.05, 0) is 61.2 Å². The number of aromatic nitrogens is 1. The number of nitrogens with zero attached hydrogens (tertiary/aromatic N) is 3. The lowest BCUT2D eigenvalue weighted by atomic mass is 10.1. The molecule has 0 bridgehead atoms. The van der Waals surface area contributed by atoms with E-state index >= 15 is 0 Å². The zero-order valence-corrected chi connectivity index (χ0v) is 18.3. The average Bonchev–Trinajstić information content (AvgIpc) is 2.76. The van der Waals surface area contributed by atoms with Gasteiger partial charge in [0.15, 0.2) is 0 Å². The van der Waals surface area contributed by atoms with Crippen molar-refractivity contribution in [1.29, 1.82) is 5.26 Å². The van der Waals surface area contributed by atoms with Crippen molar-refractivity contribution in [1.82, 2.24) is 4.57 Å². The van der Waals surface area contributed by atoms with Crippen LogP contribution in [0.2, 0.25) is 5.02 Å². The molecule has 1 aromatic heterocycles. The Balaban J connectivity index is 1.97. The molecule has 0 atom stereocenters. The average molecular weight is 436 g/mol. The van der Waals surface area contributed by atoms with E-state index in [-0.39, 0.29) is 18.0 Å². The van der Waals surface area contributed by atoms with Crippen molar-refractivity contribution in [2.75, 3.05) is 7.11 Å². The van der Waals surface area contributed by atoms with Crippen LogP contribution in [-0.4, -0.2) is 23.0 Å². The van der Waals surface area contributed by atoms with Crippen LogP contribution in [0.4, 0.5) is 5.69 Å². The van der Waals surface area contributed by atoms with Gasteiger partial charge in [-0.2, -0.15) is 5.26 Å². The standard InChI is InChI=1S/C24H22ClN3O3/c1-15-4-7-18(12-22(15)25)27-14-21-16(2)20(13-26)23(29)28(24(21)30)11-10-17-5-8-19(31-3)9-6-17/h4-9,12,14,30H,10-11H2,1-3H3. The fraction of sp³-hybridized carbons (Fsp3) is 0.208. The van der Waals surface area contributed by atoms with Gasteiger partial charge >= 0.3 is 0 Å². The molecule has 0 saturated heterocycles. The van der Waals surface area contributed by atoms with Gasteiger partial charge < -0.3 is 9.84 Å².